The van der Waals surface area contributed by atoms with Crippen molar-refractivity contribution in [2.75, 3.05) is 10.8 Å². The smallest absolute Gasteiger partial charge is 0.338 e. The number of benzene rings is 4. The Morgan fingerprint density at radius 1 is 0.674 bits per heavy atom. The first-order chi connectivity index (χ1) is 20.4. The zero-order valence-corrected chi connectivity index (χ0v) is 25.8. The quantitative estimate of drug-likeness (QED) is 0.125. The van der Waals surface area contributed by atoms with E-state index < -0.39 is 17.8 Å². The molecule has 0 aliphatic heterocycles. The number of aromatic carboxylic acids is 2. The number of hydrogen-bond donors (Lipinski definition) is 4. The van der Waals surface area contributed by atoms with Gasteiger partial charge in [-0.2, -0.15) is 0 Å². The van der Waals surface area contributed by atoms with Crippen LogP contribution in [0.3, 0.4) is 0 Å². The van der Waals surface area contributed by atoms with E-state index in [1.54, 1.807) is 6.07 Å². The van der Waals surface area contributed by atoms with Crippen LogP contribution in [0, 0.1) is 13.8 Å². The van der Waals surface area contributed by atoms with Crippen LogP contribution in [0.4, 0.5) is 11.4 Å². The molecular formula is C31H24Cl4N2O6. The molecule has 0 radical (unpaired) electrons. The fraction of sp³-hybridized carbons (Fsp3) is 0.129. The summed E-state index contributed by atoms with van der Waals surface area (Å²) in [6, 6.07) is 16.9. The molecule has 0 aliphatic carbocycles. The highest BCUT2D eigenvalue weighted by Gasteiger charge is 2.24. The molecule has 0 heterocycles. The van der Waals surface area contributed by atoms with Gasteiger partial charge in [-0.05, 0) is 78.9 Å². The maximum atomic E-state index is 13.0. The van der Waals surface area contributed by atoms with E-state index in [-0.39, 0.29) is 49.0 Å². The first-order valence-electron chi connectivity index (χ1n) is 12.7. The molecule has 0 atom stereocenters. The second kappa shape index (κ2) is 13.7. The van der Waals surface area contributed by atoms with Crippen LogP contribution in [-0.4, -0.2) is 28.1 Å². The zero-order chi connectivity index (χ0) is 31.4. The fourth-order valence-electron chi connectivity index (χ4n) is 4.48. The Balaban J connectivity index is 1.42. The van der Waals surface area contributed by atoms with Crippen LogP contribution in [0.5, 0.6) is 0 Å². The lowest BCUT2D eigenvalue weighted by molar-refractivity contribution is 0.0682. The van der Waals surface area contributed by atoms with Gasteiger partial charge < -0.3 is 15.5 Å². The number of amides is 1. The average Bonchev–Trinajstić information content (AvgIpc) is 2.93. The summed E-state index contributed by atoms with van der Waals surface area (Å²) >= 11 is 24.4. The van der Waals surface area contributed by atoms with E-state index in [0.717, 1.165) is 22.3 Å². The van der Waals surface area contributed by atoms with Gasteiger partial charge in [0.15, 0.2) is 0 Å². The molecule has 0 saturated carbocycles. The molecule has 0 aromatic heterocycles. The molecule has 4 aromatic rings. The van der Waals surface area contributed by atoms with Gasteiger partial charge in [0.05, 0.1) is 37.4 Å². The summed E-state index contributed by atoms with van der Waals surface area (Å²) in [4.78, 5) is 41.8. The zero-order valence-electron chi connectivity index (χ0n) is 22.7. The van der Waals surface area contributed by atoms with Crippen molar-refractivity contribution in [2.24, 2.45) is 0 Å². The number of carboxylic acids is 2. The molecular weight excluding hydrogens is 638 g/mol. The summed E-state index contributed by atoms with van der Waals surface area (Å²) < 4.78 is 0. The standard InChI is InChI=1S/C31H24Cl4N2O6/c1-15-11-17(3-9-24(15)36-29(38)27-22(34)7-8-23(35)28(27)31(41)42)13-18-4-10-25(16(2)12-18)37-43-14-19-20(32)5-6-21(33)26(19)30(39)40/h3-12,37H,13-14H2,1-2H3,(H,36,38)(H,39,40)(H,41,42). The van der Waals surface area contributed by atoms with Gasteiger partial charge in [-0.1, -0.05) is 70.7 Å². The molecule has 4 aromatic carbocycles. The van der Waals surface area contributed by atoms with Gasteiger partial charge in [0, 0.05) is 16.3 Å². The van der Waals surface area contributed by atoms with E-state index in [0.29, 0.717) is 17.8 Å². The summed E-state index contributed by atoms with van der Waals surface area (Å²) in [5, 5.41) is 21.9. The van der Waals surface area contributed by atoms with Gasteiger partial charge in [0.1, 0.15) is 6.61 Å². The topological polar surface area (TPSA) is 125 Å². The van der Waals surface area contributed by atoms with Crippen LogP contribution in [-0.2, 0) is 17.9 Å². The van der Waals surface area contributed by atoms with Crippen LogP contribution < -0.4 is 10.8 Å². The van der Waals surface area contributed by atoms with Crippen molar-refractivity contribution in [1.29, 1.82) is 0 Å². The third-order valence-electron chi connectivity index (χ3n) is 6.60. The molecule has 43 heavy (non-hydrogen) atoms. The Kier molecular flexibility index (Phi) is 10.2. The number of halogens is 4. The number of carboxylic acid groups (broad SMARTS) is 2. The van der Waals surface area contributed by atoms with Crippen molar-refractivity contribution >= 4 is 75.6 Å². The van der Waals surface area contributed by atoms with Gasteiger partial charge in [-0.25, -0.2) is 9.59 Å². The number of hydrogen-bond acceptors (Lipinski definition) is 5. The van der Waals surface area contributed by atoms with Crippen molar-refractivity contribution in [3.63, 3.8) is 0 Å². The van der Waals surface area contributed by atoms with Crippen molar-refractivity contribution < 1.29 is 29.4 Å². The van der Waals surface area contributed by atoms with Crippen LogP contribution in [0.15, 0.2) is 60.7 Å². The van der Waals surface area contributed by atoms with Crippen molar-refractivity contribution in [2.45, 2.75) is 26.9 Å². The third kappa shape index (κ3) is 7.41. The molecule has 1 amide bonds. The second-order valence-corrected chi connectivity index (χ2v) is 11.2. The van der Waals surface area contributed by atoms with E-state index >= 15 is 0 Å². The van der Waals surface area contributed by atoms with Crippen LogP contribution in [0.2, 0.25) is 20.1 Å². The minimum Gasteiger partial charge on any atom is -0.478 e. The van der Waals surface area contributed by atoms with Gasteiger partial charge in [-0.15, -0.1) is 0 Å². The number of aryl methyl sites for hydroxylation is 2. The predicted molar refractivity (Wildman–Crippen MR) is 168 cm³/mol. The maximum absolute atomic E-state index is 13.0. The Bertz CT molecular complexity index is 1760. The molecule has 0 unspecified atom stereocenters. The van der Waals surface area contributed by atoms with E-state index in [1.807, 2.05) is 44.2 Å². The highest BCUT2D eigenvalue weighted by Crippen LogP contribution is 2.30. The summed E-state index contributed by atoms with van der Waals surface area (Å²) in [5.74, 6) is -3.24. The van der Waals surface area contributed by atoms with Crippen LogP contribution in [0.1, 0.15) is 58.9 Å². The predicted octanol–water partition coefficient (Wildman–Crippen LogP) is 8.70. The molecule has 222 valence electrons. The summed E-state index contributed by atoms with van der Waals surface area (Å²) in [6.07, 6.45) is 0.598. The van der Waals surface area contributed by atoms with E-state index in [1.165, 1.54) is 24.3 Å². The SMILES string of the molecule is Cc1cc(Cc2ccc(NC(=O)c3c(Cl)ccc(Cl)c3C(=O)O)c(C)c2)ccc1NOCc1c(Cl)ccc(Cl)c1C(=O)O. The number of carbonyl (C=O) groups is 3. The van der Waals surface area contributed by atoms with Gasteiger partial charge in [0.25, 0.3) is 5.91 Å². The Morgan fingerprint density at radius 3 is 1.70 bits per heavy atom. The number of nitrogens with one attached hydrogen (secondary N) is 2. The highest BCUT2D eigenvalue weighted by atomic mass is 35.5. The summed E-state index contributed by atoms with van der Waals surface area (Å²) in [5.41, 5.74) is 7.26. The van der Waals surface area contributed by atoms with Crippen LogP contribution >= 0.6 is 46.4 Å². The van der Waals surface area contributed by atoms with Crippen molar-refractivity contribution in [1.82, 2.24) is 0 Å². The second-order valence-electron chi connectivity index (χ2n) is 9.59. The molecule has 0 bridgehead atoms. The monoisotopic (exact) mass is 660 g/mol. The van der Waals surface area contributed by atoms with Crippen molar-refractivity contribution in [3.8, 4) is 0 Å². The lowest BCUT2D eigenvalue weighted by atomic mass is 10.00. The average molecular weight is 662 g/mol. The molecule has 4 rings (SSSR count). The molecule has 0 saturated heterocycles. The Morgan fingerprint density at radius 2 is 1.16 bits per heavy atom. The fourth-order valence-corrected chi connectivity index (χ4v) is 5.43. The minimum atomic E-state index is -1.36. The van der Waals surface area contributed by atoms with E-state index in [2.05, 4.69) is 10.8 Å². The molecule has 8 nitrogen and oxygen atoms in total. The molecule has 0 spiro atoms. The lowest BCUT2D eigenvalue weighted by Gasteiger charge is -2.15. The molecule has 12 heteroatoms. The van der Waals surface area contributed by atoms with Gasteiger partial charge >= 0.3 is 11.9 Å². The summed E-state index contributed by atoms with van der Waals surface area (Å²) in [7, 11) is 0. The highest BCUT2D eigenvalue weighted by molar-refractivity contribution is 6.39. The number of anilines is 2. The maximum Gasteiger partial charge on any atom is 0.338 e. The van der Waals surface area contributed by atoms with Gasteiger partial charge in [0.2, 0.25) is 0 Å². The van der Waals surface area contributed by atoms with Gasteiger partial charge in [-0.3, -0.25) is 15.1 Å². The van der Waals surface area contributed by atoms with E-state index in [9.17, 15) is 24.6 Å². The summed E-state index contributed by atoms with van der Waals surface area (Å²) in [6.45, 7) is 3.61. The van der Waals surface area contributed by atoms with Crippen LogP contribution in [0.25, 0.3) is 0 Å². The van der Waals surface area contributed by atoms with E-state index in [4.69, 9.17) is 51.2 Å². The number of rotatable bonds is 10. The lowest BCUT2D eigenvalue weighted by Crippen LogP contribution is -2.18. The number of carbonyl (C=O) groups excluding carboxylic acids is 1. The first kappa shape index (κ1) is 32.1. The first-order valence-corrected chi connectivity index (χ1v) is 14.2. The molecule has 4 N–H and O–H groups in total. The Labute approximate surface area is 267 Å². The minimum absolute atomic E-state index is 0.0226. The van der Waals surface area contributed by atoms with Crippen molar-refractivity contribution in [3.05, 3.63) is 125 Å². The normalized spacial score (nSPS) is 10.8. The largest absolute Gasteiger partial charge is 0.478 e. The molecule has 0 aliphatic rings. The third-order valence-corrected chi connectivity index (χ3v) is 7.90. The molecule has 0 fully saturated rings. The Hall–Kier alpha value is -3.79.